The van der Waals surface area contributed by atoms with Gasteiger partial charge < -0.3 is 0 Å². The molecule has 0 radical (unpaired) electrons. The summed E-state index contributed by atoms with van der Waals surface area (Å²) < 4.78 is 0. The molecule has 2 aromatic heterocycles. The first-order valence-corrected chi connectivity index (χ1v) is 6.64. The van der Waals surface area contributed by atoms with Crippen LogP contribution in [0, 0.1) is 6.92 Å². The molecule has 4 heteroatoms. The molecule has 2 rings (SSSR count). The quantitative estimate of drug-likeness (QED) is 0.742. The molecule has 0 bridgehead atoms. The SMILES string of the molecule is Cc1csc(C(Cl)Cc2ccncc2)c1Cl. The molecule has 0 aliphatic carbocycles. The van der Waals surface area contributed by atoms with Gasteiger partial charge in [-0.1, -0.05) is 11.6 Å². The van der Waals surface area contributed by atoms with Crippen LogP contribution in [0.5, 0.6) is 0 Å². The fourth-order valence-electron chi connectivity index (χ4n) is 1.48. The number of hydrogen-bond donors (Lipinski definition) is 0. The Labute approximate surface area is 109 Å². The fraction of sp³-hybridized carbons (Fsp3) is 0.250. The first kappa shape index (κ1) is 11.9. The van der Waals surface area contributed by atoms with Gasteiger partial charge in [0.25, 0.3) is 0 Å². The highest BCUT2D eigenvalue weighted by molar-refractivity contribution is 7.11. The van der Waals surface area contributed by atoms with Gasteiger partial charge in [-0.05, 0) is 42.0 Å². The summed E-state index contributed by atoms with van der Waals surface area (Å²) in [6.07, 6.45) is 4.34. The van der Waals surface area contributed by atoms with Crippen molar-refractivity contribution >= 4 is 34.5 Å². The van der Waals surface area contributed by atoms with Gasteiger partial charge in [0.15, 0.2) is 0 Å². The van der Waals surface area contributed by atoms with E-state index in [1.54, 1.807) is 23.7 Å². The van der Waals surface area contributed by atoms with E-state index in [-0.39, 0.29) is 5.38 Å². The molecule has 0 aromatic carbocycles. The molecular formula is C12H11Cl2NS. The molecule has 0 fully saturated rings. The largest absolute Gasteiger partial charge is 0.265 e. The van der Waals surface area contributed by atoms with Crippen molar-refractivity contribution in [2.45, 2.75) is 18.7 Å². The summed E-state index contributed by atoms with van der Waals surface area (Å²) in [4.78, 5) is 5.03. The van der Waals surface area contributed by atoms with E-state index < -0.39 is 0 Å². The Kier molecular flexibility index (Phi) is 3.85. The predicted molar refractivity (Wildman–Crippen MR) is 70.6 cm³/mol. The second-order valence-corrected chi connectivity index (χ2v) is 5.44. The van der Waals surface area contributed by atoms with Crippen molar-refractivity contribution in [1.29, 1.82) is 0 Å². The van der Waals surface area contributed by atoms with Crippen molar-refractivity contribution in [3.63, 3.8) is 0 Å². The Hall–Kier alpha value is -0.570. The van der Waals surface area contributed by atoms with Crippen LogP contribution in [0.25, 0.3) is 0 Å². The average molecular weight is 272 g/mol. The number of nitrogens with zero attached hydrogens (tertiary/aromatic N) is 1. The van der Waals surface area contributed by atoms with Crippen molar-refractivity contribution in [3.8, 4) is 0 Å². The number of halogens is 2. The van der Waals surface area contributed by atoms with Gasteiger partial charge in [0.2, 0.25) is 0 Å². The van der Waals surface area contributed by atoms with E-state index in [2.05, 4.69) is 4.98 Å². The van der Waals surface area contributed by atoms with Gasteiger partial charge in [-0.3, -0.25) is 4.98 Å². The number of thiophene rings is 1. The van der Waals surface area contributed by atoms with Crippen LogP contribution in [0.1, 0.15) is 21.4 Å². The molecule has 1 unspecified atom stereocenters. The van der Waals surface area contributed by atoms with E-state index in [0.29, 0.717) is 0 Å². The van der Waals surface area contributed by atoms with Crippen LogP contribution in [0.2, 0.25) is 5.02 Å². The highest BCUT2D eigenvalue weighted by atomic mass is 35.5. The molecule has 16 heavy (non-hydrogen) atoms. The zero-order valence-electron chi connectivity index (χ0n) is 8.78. The van der Waals surface area contributed by atoms with Crippen LogP contribution in [0.4, 0.5) is 0 Å². The molecule has 0 spiro atoms. The summed E-state index contributed by atoms with van der Waals surface area (Å²) >= 11 is 14.2. The third-order valence-corrected chi connectivity index (χ3v) is 4.70. The highest BCUT2D eigenvalue weighted by Gasteiger charge is 2.15. The lowest BCUT2D eigenvalue weighted by atomic mass is 10.1. The van der Waals surface area contributed by atoms with E-state index in [0.717, 1.165) is 21.9 Å². The Bertz CT molecular complexity index is 467. The minimum absolute atomic E-state index is 0.0615. The standard InChI is InChI=1S/C12H11Cl2NS/c1-8-7-16-12(11(8)14)10(13)6-9-2-4-15-5-3-9/h2-5,7,10H,6H2,1H3. The van der Waals surface area contributed by atoms with Crippen molar-refractivity contribution in [3.05, 3.63) is 50.9 Å². The van der Waals surface area contributed by atoms with Crippen LogP contribution < -0.4 is 0 Å². The maximum Gasteiger partial charge on any atom is 0.0733 e. The van der Waals surface area contributed by atoms with Crippen molar-refractivity contribution in [2.75, 3.05) is 0 Å². The van der Waals surface area contributed by atoms with Crippen molar-refractivity contribution in [1.82, 2.24) is 4.98 Å². The number of alkyl halides is 1. The zero-order chi connectivity index (χ0) is 11.5. The first-order chi connectivity index (χ1) is 7.68. The molecule has 0 amide bonds. The third-order valence-electron chi connectivity index (χ3n) is 2.37. The van der Waals surface area contributed by atoms with Crippen LogP contribution >= 0.6 is 34.5 Å². The maximum atomic E-state index is 6.36. The average Bonchev–Trinajstić information content (AvgIpc) is 2.61. The summed E-state index contributed by atoms with van der Waals surface area (Å²) in [5.41, 5.74) is 2.28. The van der Waals surface area contributed by atoms with Gasteiger partial charge in [0, 0.05) is 17.3 Å². The van der Waals surface area contributed by atoms with Crippen LogP contribution in [-0.4, -0.2) is 4.98 Å². The summed E-state index contributed by atoms with van der Waals surface area (Å²) in [6, 6.07) is 3.95. The number of hydrogen-bond acceptors (Lipinski definition) is 2. The predicted octanol–water partition coefficient (Wildman–Crippen LogP) is 4.63. The number of pyridine rings is 1. The maximum absolute atomic E-state index is 6.36. The highest BCUT2D eigenvalue weighted by Crippen LogP contribution is 2.37. The molecule has 0 saturated heterocycles. The summed E-state index contributed by atoms with van der Waals surface area (Å²) in [6.45, 7) is 2.00. The lowest BCUT2D eigenvalue weighted by Crippen LogP contribution is -1.94. The summed E-state index contributed by atoms with van der Waals surface area (Å²) in [5.74, 6) is 0. The van der Waals surface area contributed by atoms with Gasteiger partial charge >= 0.3 is 0 Å². The van der Waals surface area contributed by atoms with Gasteiger partial charge in [-0.25, -0.2) is 0 Å². The Morgan fingerprint density at radius 2 is 2.06 bits per heavy atom. The molecule has 0 aliphatic heterocycles. The molecule has 1 nitrogen and oxygen atoms in total. The van der Waals surface area contributed by atoms with Gasteiger partial charge in [-0.2, -0.15) is 0 Å². The second-order valence-electron chi connectivity index (χ2n) is 3.62. The van der Waals surface area contributed by atoms with Crippen LogP contribution in [0.15, 0.2) is 29.9 Å². The topological polar surface area (TPSA) is 12.9 Å². The Morgan fingerprint density at radius 3 is 2.62 bits per heavy atom. The zero-order valence-corrected chi connectivity index (χ0v) is 11.1. The molecule has 2 heterocycles. The number of rotatable bonds is 3. The molecule has 1 atom stereocenters. The lowest BCUT2D eigenvalue weighted by Gasteiger charge is -2.08. The lowest BCUT2D eigenvalue weighted by molar-refractivity contribution is 0.935. The Morgan fingerprint density at radius 1 is 1.38 bits per heavy atom. The van der Waals surface area contributed by atoms with Gasteiger partial charge in [0.1, 0.15) is 0 Å². The van der Waals surface area contributed by atoms with E-state index in [9.17, 15) is 0 Å². The van der Waals surface area contributed by atoms with E-state index in [4.69, 9.17) is 23.2 Å². The fourth-order valence-corrected chi connectivity index (χ4v) is 3.28. The summed E-state index contributed by atoms with van der Waals surface area (Å²) in [7, 11) is 0. The minimum Gasteiger partial charge on any atom is -0.265 e. The third kappa shape index (κ3) is 2.57. The normalized spacial score (nSPS) is 12.7. The molecule has 0 saturated carbocycles. The Balaban J connectivity index is 2.15. The number of aromatic nitrogens is 1. The number of aryl methyl sites for hydroxylation is 1. The molecular weight excluding hydrogens is 261 g/mol. The second kappa shape index (κ2) is 5.17. The smallest absolute Gasteiger partial charge is 0.0733 e. The first-order valence-electron chi connectivity index (χ1n) is 4.95. The van der Waals surface area contributed by atoms with E-state index >= 15 is 0 Å². The summed E-state index contributed by atoms with van der Waals surface area (Å²) in [5, 5.41) is 2.78. The molecule has 2 aromatic rings. The van der Waals surface area contributed by atoms with Crippen molar-refractivity contribution < 1.29 is 0 Å². The molecule has 0 aliphatic rings. The van der Waals surface area contributed by atoms with Gasteiger partial charge in [-0.15, -0.1) is 22.9 Å². The molecule has 0 N–H and O–H groups in total. The van der Waals surface area contributed by atoms with Crippen LogP contribution in [0.3, 0.4) is 0 Å². The van der Waals surface area contributed by atoms with Crippen molar-refractivity contribution in [2.24, 2.45) is 0 Å². The van der Waals surface area contributed by atoms with E-state index in [1.807, 2.05) is 24.4 Å². The minimum atomic E-state index is -0.0615. The van der Waals surface area contributed by atoms with E-state index in [1.165, 1.54) is 5.56 Å². The van der Waals surface area contributed by atoms with Gasteiger partial charge in [0.05, 0.1) is 10.4 Å². The van der Waals surface area contributed by atoms with Crippen LogP contribution in [-0.2, 0) is 6.42 Å². The monoisotopic (exact) mass is 271 g/mol. The molecule has 84 valence electrons.